The summed E-state index contributed by atoms with van der Waals surface area (Å²) in [5, 5.41) is 5.62. The monoisotopic (exact) mass is 336 g/mol. The van der Waals surface area contributed by atoms with Gasteiger partial charge >= 0.3 is 0 Å². The van der Waals surface area contributed by atoms with E-state index in [4.69, 9.17) is 23.2 Å². The van der Waals surface area contributed by atoms with Gasteiger partial charge in [0.2, 0.25) is 0 Å². The summed E-state index contributed by atoms with van der Waals surface area (Å²) in [7, 11) is 0. The van der Waals surface area contributed by atoms with Crippen LogP contribution in [0.2, 0.25) is 10.0 Å². The fourth-order valence-corrected chi connectivity index (χ4v) is 3.72. The molecule has 1 aromatic heterocycles. The van der Waals surface area contributed by atoms with Crippen LogP contribution in [-0.2, 0) is 0 Å². The number of nitrogens with zero attached hydrogens (tertiary/aromatic N) is 1. The normalized spacial score (nSPS) is 12.6. The molecule has 0 amide bonds. The quantitative estimate of drug-likeness (QED) is 0.626. The van der Waals surface area contributed by atoms with E-state index < -0.39 is 0 Å². The van der Waals surface area contributed by atoms with Gasteiger partial charge in [0.1, 0.15) is 0 Å². The average molecular weight is 337 g/mol. The number of aromatic nitrogens is 1. The molecule has 0 saturated carbocycles. The number of rotatable bonds is 3. The van der Waals surface area contributed by atoms with Crippen molar-refractivity contribution in [2.75, 3.05) is 5.32 Å². The zero-order valence-corrected chi connectivity index (χ0v) is 14.0. The van der Waals surface area contributed by atoms with Gasteiger partial charge in [-0.2, -0.15) is 0 Å². The van der Waals surface area contributed by atoms with Gasteiger partial charge < -0.3 is 5.32 Å². The molecule has 0 fully saturated rings. The van der Waals surface area contributed by atoms with Crippen molar-refractivity contribution < 1.29 is 0 Å². The van der Waals surface area contributed by atoms with Crippen LogP contribution in [0.3, 0.4) is 0 Å². The van der Waals surface area contributed by atoms with Crippen molar-refractivity contribution in [2.24, 2.45) is 0 Å². The minimum Gasteiger partial charge on any atom is -0.355 e. The molecule has 0 bridgehead atoms. The van der Waals surface area contributed by atoms with Crippen molar-refractivity contribution in [1.82, 2.24) is 4.98 Å². The van der Waals surface area contributed by atoms with Crippen LogP contribution in [0.5, 0.6) is 0 Å². The van der Waals surface area contributed by atoms with Gasteiger partial charge in [-0.3, -0.25) is 0 Å². The second kappa shape index (κ2) is 5.84. The van der Waals surface area contributed by atoms with E-state index in [-0.39, 0.29) is 6.04 Å². The zero-order valence-electron chi connectivity index (χ0n) is 11.7. The third kappa shape index (κ3) is 3.15. The van der Waals surface area contributed by atoms with Crippen LogP contribution in [0.25, 0.3) is 10.2 Å². The molecule has 5 heteroatoms. The SMILES string of the molecule is Cc1ccc2sc(NC(C)c3ccc(Cl)cc3Cl)nc2c1. The maximum atomic E-state index is 6.25. The molecular weight excluding hydrogens is 323 g/mol. The van der Waals surface area contributed by atoms with Crippen LogP contribution in [0.15, 0.2) is 36.4 Å². The first kappa shape index (κ1) is 14.6. The maximum Gasteiger partial charge on any atom is 0.184 e. The maximum absolute atomic E-state index is 6.25. The summed E-state index contributed by atoms with van der Waals surface area (Å²) in [6.45, 7) is 4.13. The fraction of sp³-hybridized carbons (Fsp3) is 0.188. The van der Waals surface area contributed by atoms with Gasteiger partial charge in [-0.25, -0.2) is 4.98 Å². The van der Waals surface area contributed by atoms with E-state index in [2.05, 4.69) is 42.3 Å². The van der Waals surface area contributed by atoms with Gasteiger partial charge in [-0.1, -0.05) is 46.7 Å². The molecule has 108 valence electrons. The molecule has 0 aliphatic carbocycles. The van der Waals surface area contributed by atoms with Crippen LogP contribution < -0.4 is 5.32 Å². The molecule has 0 spiro atoms. The van der Waals surface area contributed by atoms with Crippen molar-refractivity contribution in [3.8, 4) is 0 Å². The number of hydrogen-bond donors (Lipinski definition) is 1. The summed E-state index contributed by atoms with van der Waals surface area (Å²) in [6, 6.07) is 11.9. The van der Waals surface area contributed by atoms with Crippen molar-refractivity contribution in [2.45, 2.75) is 19.9 Å². The van der Waals surface area contributed by atoms with E-state index in [1.807, 2.05) is 12.1 Å². The van der Waals surface area contributed by atoms with Crippen molar-refractivity contribution >= 4 is 49.9 Å². The molecule has 1 unspecified atom stereocenters. The first-order chi connectivity index (χ1) is 10.0. The molecule has 0 saturated heterocycles. The van der Waals surface area contributed by atoms with Gasteiger partial charge in [0, 0.05) is 10.0 Å². The second-order valence-corrected chi connectivity index (χ2v) is 6.90. The molecule has 1 atom stereocenters. The highest BCUT2D eigenvalue weighted by atomic mass is 35.5. The zero-order chi connectivity index (χ0) is 15.0. The lowest BCUT2D eigenvalue weighted by Crippen LogP contribution is -2.06. The highest BCUT2D eigenvalue weighted by molar-refractivity contribution is 7.22. The van der Waals surface area contributed by atoms with Gasteiger partial charge in [-0.05, 0) is 49.2 Å². The Kier molecular flexibility index (Phi) is 4.07. The first-order valence-corrected chi connectivity index (χ1v) is 8.19. The smallest absolute Gasteiger partial charge is 0.184 e. The Balaban J connectivity index is 1.87. The lowest BCUT2D eigenvalue weighted by molar-refractivity contribution is 0.883. The Morgan fingerprint density at radius 2 is 1.95 bits per heavy atom. The molecule has 3 rings (SSSR count). The minimum absolute atomic E-state index is 0.0661. The number of anilines is 1. The topological polar surface area (TPSA) is 24.9 Å². The molecule has 0 radical (unpaired) electrons. The highest BCUT2D eigenvalue weighted by Crippen LogP contribution is 2.32. The Labute approximate surface area is 137 Å². The molecular formula is C16H14Cl2N2S. The number of fused-ring (bicyclic) bond motifs is 1. The van der Waals surface area contributed by atoms with Crippen LogP contribution in [0, 0.1) is 6.92 Å². The third-order valence-corrected chi connectivity index (χ3v) is 4.84. The molecule has 2 nitrogen and oxygen atoms in total. The molecule has 2 aromatic carbocycles. The van der Waals surface area contributed by atoms with Gasteiger partial charge in [0.25, 0.3) is 0 Å². The summed E-state index contributed by atoms with van der Waals surface area (Å²) < 4.78 is 1.18. The number of thiazole rings is 1. The lowest BCUT2D eigenvalue weighted by Gasteiger charge is -2.14. The summed E-state index contributed by atoms with van der Waals surface area (Å²) in [5.74, 6) is 0. The van der Waals surface area contributed by atoms with E-state index in [0.29, 0.717) is 10.0 Å². The predicted molar refractivity (Wildman–Crippen MR) is 92.9 cm³/mol. The van der Waals surface area contributed by atoms with Crippen molar-refractivity contribution in [1.29, 1.82) is 0 Å². The fourth-order valence-electron chi connectivity index (χ4n) is 2.21. The second-order valence-electron chi connectivity index (χ2n) is 5.02. The Morgan fingerprint density at radius 1 is 1.14 bits per heavy atom. The van der Waals surface area contributed by atoms with E-state index in [1.165, 1.54) is 10.3 Å². The van der Waals surface area contributed by atoms with Gasteiger partial charge in [-0.15, -0.1) is 0 Å². The van der Waals surface area contributed by atoms with E-state index >= 15 is 0 Å². The molecule has 0 aliphatic heterocycles. The summed E-state index contributed by atoms with van der Waals surface area (Å²) in [6.07, 6.45) is 0. The van der Waals surface area contributed by atoms with E-state index in [1.54, 1.807) is 17.4 Å². The number of halogens is 2. The molecule has 3 aromatic rings. The Hall–Kier alpha value is -1.29. The van der Waals surface area contributed by atoms with Crippen LogP contribution in [0.4, 0.5) is 5.13 Å². The summed E-state index contributed by atoms with van der Waals surface area (Å²) in [4.78, 5) is 4.62. The molecule has 21 heavy (non-hydrogen) atoms. The Morgan fingerprint density at radius 3 is 2.71 bits per heavy atom. The first-order valence-electron chi connectivity index (χ1n) is 6.61. The Bertz CT molecular complexity index is 798. The summed E-state index contributed by atoms with van der Waals surface area (Å²) in [5.41, 5.74) is 3.25. The number of hydrogen-bond acceptors (Lipinski definition) is 3. The standard InChI is InChI=1S/C16H14Cl2N2S/c1-9-3-6-15-14(7-9)20-16(21-15)19-10(2)12-5-4-11(17)8-13(12)18/h3-8,10H,1-2H3,(H,19,20). The van der Waals surface area contributed by atoms with Crippen molar-refractivity contribution in [3.63, 3.8) is 0 Å². The average Bonchev–Trinajstić information content (AvgIpc) is 2.79. The summed E-state index contributed by atoms with van der Waals surface area (Å²) >= 11 is 13.8. The minimum atomic E-state index is 0.0661. The van der Waals surface area contributed by atoms with Crippen LogP contribution in [0.1, 0.15) is 24.1 Å². The highest BCUT2D eigenvalue weighted by Gasteiger charge is 2.12. The third-order valence-electron chi connectivity index (χ3n) is 3.31. The van der Waals surface area contributed by atoms with Crippen LogP contribution in [-0.4, -0.2) is 4.98 Å². The molecule has 1 heterocycles. The van der Waals surface area contributed by atoms with Crippen molar-refractivity contribution in [3.05, 3.63) is 57.6 Å². The number of aryl methyl sites for hydroxylation is 1. The van der Waals surface area contributed by atoms with E-state index in [0.717, 1.165) is 16.2 Å². The lowest BCUT2D eigenvalue weighted by atomic mass is 10.1. The molecule has 0 aliphatic rings. The van der Waals surface area contributed by atoms with Gasteiger partial charge in [0.05, 0.1) is 16.3 Å². The predicted octanol–water partition coefficient (Wildman–Crippen LogP) is 6.08. The number of nitrogens with one attached hydrogen (secondary N) is 1. The number of benzene rings is 2. The molecule has 1 N–H and O–H groups in total. The van der Waals surface area contributed by atoms with Crippen LogP contribution >= 0.6 is 34.5 Å². The van der Waals surface area contributed by atoms with Gasteiger partial charge in [0.15, 0.2) is 5.13 Å². The van der Waals surface area contributed by atoms with E-state index in [9.17, 15) is 0 Å². The largest absolute Gasteiger partial charge is 0.355 e.